The Labute approximate surface area is 166 Å². The molecular weight excluding hydrogens is 380 g/mol. The maximum absolute atomic E-state index is 12.2. The molecule has 1 aromatic carbocycles. The number of ether oxygens (including phenoxy) is 2. The molecule has 2 heterocycles. The quantitative estimate of drug-likeness (QED) is 0.334. The van der Waals surface area contributed by atoms with E-state index < -0.39 is 11.2 Å². The number of thioether (sulfide) groups is 1. The van der Waals surface area contributed by atoms with Crippen LogP contribution in [-0.2, 0) is 25.6 Å². The molecule has 0 aliphatic rings. The first-order chi connectivity index (χ1) is 13.6. The van der Waals surface area contributed by atoms with Crippen LogP contribution >= 0.6 is 11.8 Å². The minimum absolute atomic E-state index is 0.208. The van der Waals surface area contributed by atoms with Crippen LogP contribution in [-0.4, -0.2) is 57.1 Å². The van der Waals surface area contributed by atoms with E-state index in [0.717, 1.165) is 28.2 Å². The van der Waals surface area contributed by atoms with Crippen LogP contribution in [0.3, 0.4) is 0 Å². The lowest BCUT2D eigenvalue weighted by Gasteiger charge is -2.13. The van der Waals surface area contributed by atoms with E-state index >= 15 is 0 Å². The molecule has 0 amide bonds. The van der Waals surface area contributed by atoms with E-state index in [1.54, 1.807) is 14.0 Å². The number of para-hydroxylation sites is 1. The Hall–Kier alpha value is -2.65. The zero-order chi connectivity index (χ0) is 20.1. The standard InChI is InChI=1S/C19H22N4O4S/c1-4-27-18(25)16(12(2)24)28-19-22-21-17(23(19)9-10-26-3)14-11-20-15-8-6-5-7-13(14)15/h5-8,11,16,20H,4,9-10H2,1-3H3/t16-/m0/s1. The summed E-state index contributed by atoms with van der Waals surface area (Å²) >= 11 is 1.04. The highest BCUT2D eigenvalue weighted by Gasteiger charge is 2.29. The number of nitrogens with zero attached hydrogens (tertiary/aromatic N) is 3. The Bertz CT molecular complexity index is 981. The first kappa shape index (κ1) is 20.1. The van der Waals surface area contributed by atoms with Gasteiger partial charge in [-0.3, -0.25) is 14.2 Å². The van der Waals surface area contributed by atoms with Gasteiger partial charge < -0.3 is 14.5 Å². The van der Waals surface area contributed by atoms with Gasteiger partial charge in [0.2, 0.25) is 0 Å². The highest BCUT2D eigenvalue weighted by Crippen LogP contribution is 2.31. The Morgan fingerprint density at radius 3 is 2.79 bits per heavy atom. The normalized spacial score (nSPS) is 12.2. The predicted molar refractivity (Wildman–Crippen MR) is 106 cm³/mol. The van der Waals surface area contributed by atoms with Crippen molar-refractivity contribution in [1.29, 1.82) is 0 Å². The number of rotatable bonds is 9. The van der Waals surface area contributed by atoms with Gasteiger partial charge in [0.1, 0.15) is 0 Å². The summed E-state index contributed by atoms with van der Waals surface area (Å²) < 4.78 is 12.1. The number of carbonyl (C=O) groups excluding carboxylic acids is 2. The van der Waals surface area contributed by atoms with Gasteiger partial charge in [0.05, 0.1) is 19.8 Å². The summed E-state index contributed by atoms with van der Waals surface area (Å²) in [5.74, 6) is -0.225. The van der Waals surface area contributed by atoms with Crippen LogP contribution in [0.2, 0.25) is 0 Å². The molecule has 1 N–H and O–H groups in total. The number of hydrogen-bond donors (Lipinski definition) is 1. The summed E-state index contributed by atoms with van der Waals surface area (Å²) in [6.07, 6.45) is 1.88. The summed E-state index contributed by atoms with van der Waals surface area (Å²) in [7, 11) is 1.61. The highest BCUT2D eigenvalue weighted by molar-refractivity contribution is 8.01. The van der Waals surface area contributed by atoms with Crippen molar-refractivity contribution in [2.24, 2.45) is 0 Å². The van der Waals surface area contributed by atoms with E-state index in [9.17, 15) is 9.59 Å². The molecule has 9 heteroatoms. The molecule has 1 atom stereocenters. The third-order valence-electron chi connectivity index (χ3n) is 4.16. The predicted octanol–water partition coefficient (Wildman–Crippen LogP) is 2.69. The van der Waals surface area contributed by atoms with Crippen molar-refractivity contribution in [3.8, 4) is 11.4 Å². The van der Waals surface area contributed by atoms with E-state index in [4.69, 9.17) is 9.47 Å². The average molecular weight is 402 g/mol. The fourth-order valence-electron chi connectivity index (χ4n) is 2.84. The first-order valence-electron chi connectivity index (χ1n) is 8.89. The van der Waals surface area contributed by atoms with E-state index in [1.807, 2.05) is 35.0 Å². The summed E-state index contributed by atoms with van der Waals surface area (Å²) in [5.41, 5.74) is 1.88. The van der Waals surface area contributed by atoms with E-state index in [0.29, 0.717) is 24.1 Å². The molecular formula is C19H22N4O4S. The van der Waals surface area contributed by atoms with Crippen LogP contribution in [0.4, 0.5) is 0 Å². The lowest BCUT2D eigenvalue weighted by molar-refractivity contribution is -0.144. The second-order valence-electron chi connectivity index (χ2n) is 6.06. The lowest BCUT2D eigenvalue weighted by atomic mass is 10.1. The molecule has 0 fully saturated rings. The second-order valence-corrected chi connectivity index (χ2v) is 7.13. The molecule has 0 bridgehead atoms. The summed E-state index contributed by atoms with van der Waals surface area (Å²) in [4.78, 5) is 27.4. The molecule has 0 saturated carbocycles. The number of esters is 1. The van der Waals surface area contributed by atoms with Gasteiger partial charge in [-0.25, -0.2) is 0 Å². The van der Waals surface area contributed by atoms with Gasteiger partial charge in [0.15, 0.2) is 22.0 Å². The molecule has 2 aromatic heterocycles. The van der Waals surface area contributed by atoms with Crippen molar-refractivity contribution in [1.82, 2.24) is 19.7 Å². The van der Waals surface area contributed by atoms with E-state index in [-0.39, 0.29) is 12.4 Å². The van der Waals surface area contributed by atoms with Gasteiger partial charge in [0.25, 0.3) is 0 Å². The third kappa shape index (κ3) is 4.10. The molecule has 0 aliphatic carbocycles. The molecule has 0 spiro atoms. The van der Waals surface area contributed by atoms with Crippen LogP contribution in [0.25, 0.3) is 22.3 Å². The summed E-state index contributed by atoms with van der Waals surface area (Å²) in [6, 6.07) is 7.89. The van der Waals surface area contributed by atoms with Crippen LogP contribution < -0.4 is 0 Å². The number of ketones is 1. The average Bonchev–Trinajstić information content (AvgIpc) is 3.27. The highest BCUT2D eigenvalue weighted by atomic mass is 32.2. The number of methoxy groups -OCH3 is 1. The van der Waals surface area contributed by atoms with Gasteiger partial charge in [-0.1, -0.05) is 30.0 Å². The Morgan fingerprint density at radius 2 is 2.07 bits per heavy atom. The van der Waals surface area contributed by atoms with Gasteiger partial charge in [-0.15, -0.1) is 10.2 Å². The summed E-state index contributed by atoms with van der Waals surface area (Å²) in [5, 5.41) is 9.07. The van der Waals surface area contributed by atoms with Crippen LogP contribution in [0.5, 0.6) is 0 Å². The first-order valence-corrected chi connectivity index (χ1v) is 9.77. The van der Waals surface area contributed by atoms with Gasteiger partial charge >= 0.3 is 5.97 Å². The fraction of sp³-hybridized carbons (Fsp3) is 0.368. The van der Waals surface area contributed by atoms with Gasteiger partial charge in [0, 0.05) is 29.8 Å². The number of H-pyrrole nitrogens is 1. The van der Waals surface area contributed by atoms with Crippen molar-refractivity contribution >= 4 is 34.4 Å². The molecule has 3 rings (SSSR count). The van der Waals surface area contributed by atoms with Crippen molar-refractivity contribution in [2.45, 2.75) is 30.8 Å². The van der Waals surface area contributed by atoms with Crippen molar-refractivity contribution in [2.75, 3.05) is 20.3 Å². The molecule has 148 valence electrons. The minimum atomic E-state index is -0.985. The van der Waals surface area contributed by atoms with E-state index in [1.165, 1.54) is 6.92 Å². The number of aromatic nitrogens is 4. The molecule has 0 unspecified atom stereocenters. The Balaban J connectivity index is 2.00. The van der Waals surface area contributed by atoms with Gasteiger partial charge in [-0.2, -0.15) is 0 Å². The maximum Gasteiger partial charge on any atom is 0.327 e. The molecule has 0 radical (unpaired) electrons. The largest absolute Gasteiger partial charge is 0.465 e. The third-order valence-corrected chi connectivity index (χ3v) is 5.43. The Kier molecular flexibility index (Phi) is 6.48. The second kappa shape index (κ2) is 9.03. The number of aromatic amines is 1. The zero-order valence-corrected chi connectivity index (χ0v) is 16.8. The molecule has 0 aliphatic heterocycles. The minimum Gasteiger partial charge on any atom is -0.465 e. The SMILES string of the molecule is CCOC(=O)[C@@H](Sc1nnc(-c2c[nH]c3ccccc23)n1CCOC)C(C)=O. The molecule has 8 nitrogen and oxygen atoms in total. The van der Waals surface area contributed by atoms with Crippen molar-refractivity contribution < 1.29 is 19.1 Å². The fourth-order valence-corrected chi connectivity index (χ4v) is 3.77. The van der Waals surface area contributed by atoms with Crippen LogP contribution in [0.1, 0.15) is 13.8 Å². The number of Topliss-reactive ketones (excluding diaryl/α,β-unsaturated/α-hetero) is 1. The number of nitrogens with one attached hydrogen (secondary N) is 1. The lowest BCUT2D eigenvalue weighted by Crippen LogP contribution is -2.27. The van der Waals surface area contributed by atoms with Crippen molar-refractivity contribution in [3.05, 3.63) is 30.5 Å². The zero-order valence-electron chi connectivity index (χ0n) is 16.0. The van der Waals surface area contributed by atoms with Crippen LogP contribution in [0.15, 0.2) is 35.6 Å². The Morgan fingerprint density at radius 1 is 1.29 bits per heavy atom. The number of benzene rings is 1. The maximum atomic E-state index is 12.2. The number of fused-ring (bicyclic) bond motifs is 1. The molecule has 28 heavy (non-hydrogen) atoms. The summed E-state index contributed by atoms with van der Waals surface area (Å²) in [6.45, 7) is 4.19. The van der Waals surface area contributed by atoms with Gasteiger partial charge in [-0.05, 0) is 19.9 Å². The van der Waals surface area contributed by atoms with E-state index in [2.05, 4.69) is 15.2 Å². The number of carbonyl (C=O) groups is 2. The van der Waals surface area contributed by atoms with Crippen LogP contribution in [0, 0.1) is 0 Å². The monoisotopic (exact) mass is 402 g/mol. The number of hydrogen-bond acceptors (Lipinski definition) is 7. The topological polar surface area (TPSA) is 99.1 Å². The smallest absolute Gasteiger partial charge is 0.327 e. The van der Waals surface area contributed by atoms with Crippen molar-refractivity contribution in [3.63, 3.8) is 0 Å². The molecule has 0 saturated heterocycles. The molecule has 3 aromatic rings.